The summed E-state index contributed by atoms with van der Waals surface area (Å²) in [5.74, 6) is 0.319. The molecule has 0 radical (unpaired) electrons. The lowest BCUT2D eigenvalue weighted by molar-refractivity contribution is 0.619. The van der Waals surface area contributed by atoms with E-state index < -0.39 is 10.5 Å². The summed E-state index contributed by atoms with van der Waals surface area (Å²) in [6.07, 6.45) is 0.859. The Morgan fingerprint density at radius 1 is 1.23 bits per heavy atom. The first-order chi connectivity index (χ1) is 6.27. The van der Waals surface area contributed by atoms with E-state index >= 15 is 0 Å². The minimum absolute atomic E-state index is 0.0132. The SMILES string of the molecule is O=S(=O)=NC1CC1c1ccccc1. The summed E-state index contributed by atoms with van der Waals surface area (Å²) in [6, 6.07) is 9.87. The van der Waals surface area contributed by atoms with Crippen molar-refractivity contribution in [2.75, 3.05) is 0 Å². The first kappa shape index (κ1) is 8.44. The average Bonchev–Trinajstić information content (AvgIpc) is 2.84. The van der Waals surface area contributed by atoms with Gasteiger partial charge < -0.3 is 0 Å². The molecule has 2 atom stereocenters. The molecule has 3 nitrogen and oxygen atoms in total. The van der Waals surface area contributed by atoms with Crippen LogP contribution in [-0.4, -0.2) is 14.5 Å². The van der Waals surface area contributed by atoms with Gasteiger partial charge in [-0.3, -0.25) is 0 Å². The minimum Gasteiger partial charge on any atom is -0.168 e. The third-order valence-corrected chi connectivity index (χ3v) is 2.65. The summed E-state index contributed by atoms with van der Waals surface area (Å²) in [5.41, 5.74) is 1.18. The molecule has 1 aromatic carbocycles. The van der Waals surface area contributed by atoms with Crippen LogP contribution < -0.4 is 0 Å². The zero-order chi connectivity index (χ0) is 9.26. The van der Waals surface area contributed by atoms with Crippen molar-refractivity contribution < 1.29 is 8.42 Å². The summed E-state index contributed by atoms with van der Waals surface area (Å²) in [6.45, 7) is 0. The first-order valence-corrected chi connectivity index (χ1v) is 5.16. The number of rotatable bonds is 2. The fourth-order valence-corrected chi connectivity index (χ4v) is 1.92. The molecule has 1 aliphatic rings. The van der Waals surface area contributed by atoms with Crippen LogP contribution in [0.3, 0.4) is 0 Å². The van der Waals surface area contributed by atoms with Gasteiger partial charge in [-0.25, -0.2) is 0 Å². The van der Waals surface area contributed by atoms with Crippen molar-refractivity contribution in [3.8, 4) is 0 Å². The predicted octanol–water partition coefficient (Wildman–Crippen LogP) is 1.61. The van der Waals surface area contributed by atoms with E-state index in [1.165, 1.54) is 5.56 Å². The molecule has 0 bridgehead atoms. The molecule has 0 heterocycles. The maximum Gasteiger partial charge on any atom is 0.311 e. The van der Waals surface area contributed by atoms with E-state index in [4.69, 9.17) is 0 Å². The van der Waals surface area contributed by atoms with Crippen LogP contribution in [0.5, 0.6) is 0 Å². The van der Waals surface area contributed by atoms with Crippen molar-refractivity contribution in [2.24, 2.45) is 4.36 Å². The third kappa shape index (κ3) is 1.95. The molecule has 4 heteroatoms. The van der Waals surface area contributed by atoms with Gasteiger partial charge in [0.2, 0.25) is 0 Å². The Morgan fingerprint density at radius 3 is 2.54 bits per heavy atom. The zero-order valence-corrected chi connectivity index (χ0v) is 7.74. The van der Waals surface area contributed by atoms with E-state index in [1.54, 1.807) is 0 Å². The van der Waals surface area contributed by atoms with Gasteiger partial charge in [0.05, 0.1) is 6.04 Å². The van der Waals surface area contributed by atoms with Gasteiger partial charge >= 0.3 is 10.5 Å². The minimum atomic E-state index is -2.25. The molecule has 0 N–H and O–H groups in total. The molecule has 1 aliphatic carbocycles. The van der Waals surface area contributed by atoms with Gasteiger partial charge in [0, 0.05) is 5.92 Å². The maximum atomic E-state index is 10.3. The molecule has 1 aromatic rings. The Hall–Kier alpha value is -1.16. The van der Waals surface area contributed by atoms with Crippen LogP contribution >= 0.6 is 0 Å². The summed E-state index contributed by atoms with van der Waals surface area (Å²) in [4.78, 5) is 0. The topological polar surface area (TPSA) is 46.5 Å². The molecule has 2 rings (SSSR count). The lowest BCUT2D eigenvalue weighted by Crippen LogP contribution is -1.83. The van der Waals surface area contributed by atoms with Crippen molar-refractivity contribution in [3.63, 3.8) is 0 Å². The van der Waals surface area contributed by atoms with Crippen molar-refractivity contribution in [1.29, 1.82) is 0 Å². The van der Waals surface area contributed by atoms with E-state index in [2.05, 4.69) is 4.36 Å². The number of hydrogen-bond acceptors (Lipinski definition) is 3. The van der Waals surface area contributed by atoms with Crippen LogP contribution in [0.15, 0.2) is 34.7 Å². The van der Waals surface area contributed by atoms with Crippen molar-refractivity contribution in [3.05, 3.63) is 35.9 Å². The van der Waals surface area contributed by atoms with Crippen LogP contribution in [-0.2, 0) is 10.5 Å². The van der Waals surface area contributed by atoms with Gasteiger partial charge in [0.25, 0.3) is 0 Å². The first-order valence-electron chi connectivity index (χ1n) is 4.12. The molecular formula is C9H9NO2S. The van der Waals surface area contributed by atoms with E-state index in [0.717, 1.165) is 6.42 Å². The van der Waals surface area contributed by atoms with Gasteiger partial charge in [0.1, 0.15) is 0 Å². The average molecular weight is 195 g/mol. The highest BCUT2D eigenvalue weighted by Gasteiger charge is 2.38. The summed E-state index contributed by atoms with van der Waals surface area (Å²) in [5, 5.41) is 0. The number of nitrogens with zero attached hydrogens (tertiary/aromatic N) is 1. The number of hydrogen-bond donors (Lipinski definition) is 0. The van der Waals surface area contributed by atoms with E-state index in [0.29, 0.717) is 5.92 Å². The second-order valence-electron chi connectivity index (χ2n) is 3.14. The molecule has 13 heavy (non-hydrogen) atoms. The molecule has 2 unspecified atom stereocenters. The van der Waals surface area contributed by atoms with Crippen LogP contribution in [0, 0.1) is 0 Å². The zero-order valence-electron chi connectivity index (χ0n) is 6.92. The van der Waals surface area contributed by atoms with Crippen molar-refractivity contribution in [1.82, 2.24) is 0 Å². The normalized spacial score (nSPS) is 25.2. The van der Waals surface area contributed by atoms with Gasteiger partial charge in [0.15, 0.2) is 0 Å². The highest BCUT2D eigenvalue weighted by molar-refractivity contribution is 7.61. The fraction of sp³-hybridized carbons (Fsp3) is 0.333. The highest BCUT2D eigenvalue weighted by Crippen LogP contribution is 2.43. The predicted molar refractivity (Wildman–Crippen MR) is 48.9 cm³/mol. The summed E-state index contributed by atoms with van der Waals surface area (Å²) in [7, 11) is -2.25. The van der Waals surface area contributed by atoms with Crippen molar-refractivity contribution >= 4 is 10.5 Å². The van der Waals surface area contributed by atoms with E-state index in [9.17, 15) is 8.42 Å². The van der Waals surface area contributed by atoms with Gasteiger partial charge in [-0.05, 0) is 12.0 Å². The molecule has 68 valence electrons. The van der Waals surface area contributed by atoms with Gasteiger partial charge in [-0.2, -0.15) is 12.8 Å². The molecule has 1 fully saturated rings. The lowest BCUT2D eigenvalue weighted by Gasteiger charge is -1.94. The third-order valence-electron chi connectivity index (χ3n) is 2.21. The number of benzene rings is 1. The monoisotopic (exact) mass is 195 g/mol. The van der Waals surface area contributed by atoms with E-state index in [1.807, 2.05) is 30.3 Å². The van der Waals surface area contributed by atoms with Gasteiger partial charge in [-0.15, -0.1) is 0 Å². The second-order valence-corrected chi connectivity index (χ2v) is 3.79. The van der Waals surface area contributed by atoms with Crippen molar-refractivity contribution in [2.45, 2.75) is 18.4 Å². The fourth-order valence-electron chi connectivity index (χ4n) is 1.47. The molecule has 0 spiro atoms. The van der Waals surface area contributed by atoms with Crippen LogP contribution in [0.2, 0.25) is 0 Å². The van der Waals surface area contributed by atoms with Crippen LogP contribution in [0.1, 0.15) is 17.9 Å². The Balaban J connectivity index is 2.13. The van der Waals surface area contributed by atoms with E-state index in [-0.39, 0.29) is 6.04 Å². The summed E-state index contributed by atoms with van der Waals surface area (Å²) >= 11 is 0. The standard InChI is InChI=1S/C9H9NO2S/c11-13(12)10-9-6-8(9)7-4-2-1-3-5-7/h1-5,8-9H,6H2. The lowest BCUT2D eigenvalue weighted by atomic mass is 10.1. The molecular weight excluding hydrogens is 186 g/mol. The van der Waals surface area contributed by atoms with Crippen LogP contribution in [0.25, 0.3) is 0 Å². The van der Waals surface area contributed by atoms with Gasteiger partial charge in [-0.1, -0.05) is 30.3 Å². The Morgan fingerprint density at radius 2 is 1.92 bits per heavy atom. The molecule has 1 saturated carbocycles. The maximum absolute atomic E-state index is 10.3. The largest absolute Gasteiger partial charge is 0.311 e. The summed E-state index contributed by atoms with van der Waals surface area (Å²) < 4.78 is 24.1. The Kier molecular flexibility index (Phi) is 2.14. The second kappa shape index (κ2) is 3.30. The molecule has 0 aromatic heterocycles. The Labute approximate surface area is 78.1 Å². The molecule has 0 saturated heterocycles. The smallest absolute Gasteiger partial charge is 0.168 e. The molecule has 0 amide bonds. The Bertz CT molecular complexity index is 416. The quantitative estimate of drug-likeness (QED) is 0.719. The highest BCUT2D eigenvalue weighted by atomic mass is 32.2. The van der Waals surface area contributed by atoms with Crippen LogP contribution in [0.4, 0.5) is 0 Å². The molecule has 0 aliphatic heterocycles.